The zero-order valence-corrected chi connectivity index (χ0v) is 46.8. The molecule has 4 aromatic carbocycles. The van der Waals surface area contributed by atoms with E-state index in [-0.39, 0.29) is 16.9 Å². The maximum absolute atomic E-state index is 14.3. The summed E-state index contributed by atoms with van der Waals surface area (Å²) in [5, 5.41) is 12.8. The van der Waals surface area contributed by atoms with Crippen LogP contribution in [0.4, 0.5) is 24.5 Å². The second-order valence-electron chi connectivity index (χ2n) is 20.7. The second kappa shape index (κ2) is 25.9. The molecule has 78 heavy (non-hydrogen) atoms. The highest BCUT2D eigenvalue weighted by atomic mass is 35.5. The summed E-state index contributed by atoms with van der Waals surface area (Å²) in [5.74, 6) is -2.18. The molecule has 2 amide bonds. The lowest BCUT2D eigenvalue weighted by Gasteiger charge is -2.44. The van der Waals surface area contributed by atoms with Gasteiger partial charge in [-0.1, -0.05) is 54.4 Å². The molecule has 4 aromatic rings. The minimum atomic E-state index is -6.09. The second-order valence-corrected chi connectivity index (χ2v) is 25.8. The van der Waals surface area contributed by atoms with Crippen molar-refractivity contribution in [2.75, 3.05) is 114 Å². The molecule has 3 saturated heterocycles. The number of hydrogen-bond donors (Lipinski definition) is 3. The molecular weight excluding hydrogens is 1090 g/mol. The molecule has 3 N–H and O–H groups in total. The van der Waals surface area contributed by atoms with Crippen molar-refractivity contribution < 1.29 is 54.2 Å². The van der Waals surface area contributed by atoms with Gasteiger partial charge >= 0.3 is 11.5 Å². The fraction of sp³-hybridized carbons (Fsp3) is 0.473. The van der Waals surface area contributed by atoms with E-state index in [2.05, 4.69) is 44.0 Å². The summed E-state index contributed by atoms with van der Waals surface area (Å²) in [6.45, 7) is 12.2. The average molecular weight is 1160 g/mol. The minimum Gasteiger partial charge on any atom is -0.481 e. The normalized spacial score (nSPS) is 20.0. The number of aliphatic carboxylic acids is 1. The maximum Gasteiger partial charge on any atom is 0.501 e. The van der Waals surface area contributed by atoms with Crippen LogP contribution in [-0.2, 0) is 34.2 Å². The van der Waals surface area contributed by atoms with E-state index >= 15 is 0 Å². The van der Waals surface area contributed by atoms with Crippen LogP contribution in [0.3, 0.4) is 0 Å². The summed E-state index contributed by atoms with van der Waals surface area (Å²) in [5.41, 5.74) is -1.62. The van der Waals surface area contributed by atoms with Crippen LogP contribution >= 0.6 is 23.4 Å². The van der Waals surface area contributed by atoms with Gasteiger partial charge in [-0.3, -0.25) is 24.2 Å². The first-order valence-corrected chi connectivity index (χ1v) is 30.5. The van der Waals surface area contributed by atoms with Crippen molar-refractivity contribution in [3.8, 4) is 0 Å². The Kier molecular flexibility index (Phi) is 19.6. The Morgan fingerprint density at radius 1 is 0.821 bits per heavy atom. The van der Waals surface area contributed by atoms with Gasteiger partial charge in [-0.2, -0.15) is 13.2 Å². The Labute approximate surface area is 464 Å². The monoisotopic (exact) mass is 1160 g/mol. The minimum absolute atomic E-state index is 0.0261. The molecule has 0 saturated carbocycles. The molecule has 422 valence electrons. The fourth-order valence-corrected chi connectivity index (χ4v) is 13.8. The number of thioether (sulfide) groups is 1. The molecule has 3 aliphatic heterocycles. The topological polar surface area (TPSA) is 189 Å². The summed E-state index contributed by atoms with van der Waals surface area (Å²) in [6.07, 6.45) is 3.49. The number of halogens is 4. The third-order valence-corrected chi connectivity index (χ3v) is 19.2. The van der Waals surface area contributed by atoms with Crippen LogP contribution in [0.25, 0.3) is 5.57 Å². The number of carbonyl (C=O) groups is 3. The molecule has 3 fully saturated rings. The van der Waals surface area contributed by atoms with Gasteiger partial charge < -0.3 is 29.9 Å². The number of hydrogen-bond acceptors (Lipinski definition) is 14. The van der Waals surface area contributed by atoms with E-state index in [9.17, 15) is 44.4 Å². The Bertz CT molecular complexity index is 2990. The van der Waals surface area contributed by atoms with Crippen LogP contribution in [0.15, 0.2) is 117 Å². The lowest BCUT2D eigenvalue weighted by atomic mass is 9.71. The van der Waals surface area contributed by atoms with E-state index in [4.69, 9.17) is 21.4 Å². The number of amides is 2. The average Bonchev–Trinajstić information content (AvgIpc) is 3.75. The molecule has 1 aliphatic carbocycles. The van der Waals surface area contributed by atoms with Crippen molar-refractivity contribution in [2.24, 2.45) is 5.41 Å². The summed E-state index contributed by atoms with van der Waals surface area (Å²) in [6, 6.07) is 25.5. The lowest BCUT2D eigenvalue weighted by molar-refractivity contribution is -0.145. The number of benzene rings is 4. The first kappa shape index (κ1) is 58.9. The zero-order valence-electron chi connectivity index (χ0n) is 43.6. The molecule has 4 aliphatic rings. The molecule has 0 bridgehead atoms. The van der Waals surface area contributed by atoms with Crippen molar-refractivity contribution in [1.29, 1.82) is 0 Å². The van der Waals surface area contributed by atoms with E-state index in [0.717, 1.165) is 86.7 Å². The van der Waals surface area contributed by atoms with Crippen LogP contribution in [0.1, 0.15) is 61.4 Å². The summed E-state index contributed by atoms with van der Waals surface area (Å²) in [7, 11) is -11.0. The van der Waals surface area contributed by atoms with Crippen molar-refractivity contribution in [1.82, 2.24) is 24.3 Å². The number of sulfone groups is 1. The van der Waals surface area contributed by atoms with Gasteiger partial charge in [0.05, 0.1) is 17.2 Å². The molecule has 3 heterocycles. The predicted molar refractivity (Wildman–Crippen MR) is 296 cm³/mol. The predicted octanol–water partition coefficient (Wildman–Crippen LogP) is 7.82. The molecule has 8 rings (SSSR count). The largest absolute Gasteiger partial charge is 0.501 e. The number of alkyl halides is 3. The number of sulfonamides is 1. The van der Waals surface area contributed by atoms with Crippen molar-refractivity contribution in [2.45, 2.75) is 71.7 Å². The molecule has 16 nitrogen and oxygen atoms in total. The van der Waals surface area contributed by atoms with Gasteiger partial charge in [0, 0.05) is 125 Å². The van der Waals surface area contributed by atoms with Gasteiger partial charge in [-0.15, -0.1) is 11.8 Å². The summed E-state index contributed by atoms with van der Waals surface area (Å²) >= 11 is 7.74. The number of anilines is 2. The van der Waals surface area contributed by atoms with E-state index in [1.54, 1.807) is 17.0 Å². The van der Waals surface area contributed by atoms with Gasteiger partial charge in [0.15, 0.2) is 0 Å². The first-order chi connectivity index (χ1) is 37.1. The van der Waals surface area contributed by atoms with Crippen molar-refractivity contribution in [3.63, 3.8) is 0 Å². The third-order valence-electron chi connectivity index (χ3n) is 14.9. The van der Waals surface area contributed by atoms with Gasteiger partial charge in [0.2, 0.25) is 5.91 Å². The molecule has 0 radical (unpaired) electrons. The number of rotatable bonds is 20. The Morgan fingerprint density at radius 2 is 1.51 bits per heavy atom. The number of carboxylic acid groups (broad SMARTS) is 1. The van der Waals surface area contributed by atoms with E-state index in [1.807, 2.05) is 47.2 Å². The Hall–Kier alpha value is -5.20. The van der Waals surface area contributed by atoms with E-state index in [1.165, 1.54) is 35.0 Å². The van der Waals surface area contributed by atoms with Crippen LogP contribution in [-0.4, -0.2) is 175 Å². The quantitative estimate of drug-likeness (QED) is 0.0574. The lowest BCUT2D eigenvalue weighted by Crippen LogP contribution is -2.52. The number of allylic oxidation sites excluding steroid dienone is 1. The Balaban J connectivity index is 0.905. The third kappa shape index (κ3) is 15.6. The molecule has 1 unspecified atom stereocenters. The summed E-state index contributed by atoms with van der Waals surface area (Å²) < 4.78 is 104. The van der Waals surface area contributed by atoms with E-state index < -0.39 is 65.2 Å². The number of carbonyl (C=O) groups excluding carboxylic acids is 2. The maximum atomic E-state index is 14.3. The molecule has 23 heteroatoms. The Morgan fingerprint density at radius 3 is 2.19 bits per heavy atom. The van der Waals surface area contributed by atoms with Crippen molar-refractivity contribution in [3.05, 3.63) is 119 Å². The summed E-state index contributed by atoms with van der Waals surface area (Å²) in [4.78, 5) is 46.6. The number of nitrogens with zero attached hydrogens (tertiary/aromatic N) is 5. The molecular formula is C55H67ClF3N7O9S3. The van der Waals surface area contributed by atoms with Crippen LogP contribution in [0, 0.1) is 5.41 Å². The number of carboxylic acids is 1. The molecule has 0 spiro atoms. The van der Waals surface area contributed by atoms with Gasteiger partial charge in [0.25, 0.3) is 25.8 Å². The first-order valence-electron chi connectivity index (χ1n) is 26.2. The highest BCUT2D eigenvalue weighted by Crippen LogP contribution is 2.44. The van der Waals surface area contributed by atoms with Crippen molar-refractivity contribution >= 4 is 78.0 Å². The van der Waals surface area contributed by atoms with Crippen LogP contribution in [0.2, 0.25) is 5.02 Å². The zero-order chi connectivity index (χ0) is 55.7. The van der Waals surface area contributed by atoms with Gasteiger partial charge in [-0.05, 0) is 115 Å². The van der Waals surface area contributed by atoms with Gasteiger partial charge in [0.1, 0.15) is 11.3 Å². The SMILES string of the molecule is C[C@@]1(CN2CCN(C(=O)CC(=O)O)CC2)CCC(c2ccc(Cl)cc2)=C(CN2CCN(c3ccc(C(=O)NS(=O)(=O)c4ccc(NC(CCN5CCCOCC5)CSc5ccccc5)c(S(=O)(=O)C(F)(F)F)c4)cc3)CC2)C1. The number of ether oxygens (including phenoxy) is 1. The number of piperazine rings is 2. The van der Waals surface area contributed by atoms with Gasteiger partial charge in [-0.25, -0.2) is 21.6 Å². The molecule has 2 atom stereocenters. The molecule has 0 aromatic heterocycles. The number of nitrogens with one attached hydrogen (secondary N) is 2. The van der Waals surface area contributed by atoms with E-state index in [0.29, 0.717) is 88.8 Å². The highest BCUT2D eigenvalue weighted by Gasteiger charge is 2.48. The fourth-order valence-electron chi connectivity index (χ4n) is 10.7. The standard InChI is InChI=1S/C55H67ClF3N7O9S3/c1-54(39-64-25-29-66(30-26-64)51(67)35-52(68)69)20-18-48(40-8-12-43(56)13-9-40)42(36-54)37-63-23-27-65(28-24-63)45-14-10-41(11-15-45)53(70)61-78(73,74)47-16-17-49(50(34-47)77(71,72)55(57,58)59)60-44(38-76-46-6-3-2-4-7-46)19-22-62-21-5-32-75-33-31-62/h2-4,6-17,34,44,60H,5,18-33,35-39H2,1H3,(H,61,70)(H,68,69)/t44?,54-/m1/s1. The van der Waals surface area contributed by atoms with Crippen LogP contribution < -0.4 is 14.9 Å². The smallest absolute Gasteiger partial charge is 0.481 e. The highest BCUT2D eigenvalue weighted by molar-refractivity contribution is 7.99. The van der Waals surface area contributed by atoms with Crippen LogP contribution in [0.5, 0.6) is 0 Å².